The zero-order valence-electron chi connectivity index (χ0n) is 26.0. The molecule has 0 radical (unpaired) electrons. The van der Waals surface area contributed by atoms with E-state index in [9.17, 15) is 17.6 Å². The number of morpholine rings is 1. The summed E-state index contributed by atoms with van der Waals surface area (Å²) in [5.74, 6) is -2.41. The summed E-state index contributed by atoms with van der Waals surface area (Å²) in [6.07, 6.45) is -3.10. The first-order valence-corrected chi connectivity index (χ1v) is 15.5. The van der Waals surface area contributed by atoms with Crippen LogP contribution in [0.1, 0.15) is 44.2 Å². The Morgan fingerprint density at radius 3 is 2.54 bits per heavy atom. The van der Waals surface area contributed by atoms with Crippen LogP contribution >= 0.6 is 0 Å². The van der Waals surface area contributed by atoms with E-state index in [0.29, 0.717) is 32.7 Å². The highest BCUT2D eigenvalue weighted by Gasteiger charge is 2.45. The number of rotatable bonds is 6. The molecule has 46 heavy (non-hydrogen) atoms. The number of halogens is 5. The number of alkyl halides is 3. The summed E-state index contributed by atoms with van der Waals surface area (Å²) in [5, 5.41) is 6.63. The maximum absolute atomic E-state index is 16.6. The van der Waals surface area contributed by atoms with Crippen molar-refractivity contribution in [1.82, 2.24) is 25.2 Å². The fourth-order valence-electron chi connectivity index (χ4n) is 6.03. The number of nitrogens with zero attached hydrogens (tertiary/aromatic N) is 4. The Labute approximate surface area is 263 Å². The highest BCUT2D eigenvalue weighted by atomic mass is 19.4. The Hall–Kier alpha value is -3.56. The van der Waals surface area contributed by atoms with Gasteiger partial charge in [0.05, 0.1) is 37.2 Å². The van der Waals surface area contributed by atoms with Gasteiger partial charge >= 0.3 is 12.2 Å². The summed E-state index contributed by atoms with van der Waals surface area (Å²) in [7, 11) is 0. The van der Waals surface area contributed by atoms with E-state index in [1.807, 2.05) is 6.92 Å². The van der Waals surface area contributed by atoms with Crippen LogP contribution in [0.15, 0.2) is 6.07 Å². The third kappa shape index (κ3) is 6.63. The van der Waals surface area contributed by atoms with Crippen molar-refractivity contribution >= 4 is 22.4 Å². The van der Waals surface area contributed by atoms with Gasteiger partial charge in [0.25, 0.3) is 0 Å². The molecule has 10 nitrogen and oxygen atoms in total. The van der Waals surface area contributed by atoms with Gasteiger partial charge in [-0.05, 0) is 58.2 Å². The van der Waals surface area contributed by atoms with Crippen LogP contribution in [-0.4, -0.2) is 84.5 Å². The smallest absolute Gasteiger partial charge is 0.417 e. The molecule has 0 bridgehead atoms. The number of hydrogen-bond donors (Lipinski definition) is 3. The molecule has 2 fully saturated rings. The maximum Gasteiger partial charge on any atom is 0.417 e. The van der Waals surface area contributed by atoms with Crippen LogP contribution in [0, 0.1) is 24.0 Å². The molecule has 4 heterocycles. The summed E-state index contributed by atoms with van der Waals surface area (Å²) in [4.78, 5) is 15.6. The largest absolute Gasteiger partial charge is 0.474 e. The molecule has 0 amide bonds. The Morgan fingerprint density at radius 1 is 1.11 bits per heavy atom. The lowest BCUT2D eigenvalue weighted by molar-refractivity contribution is -0.137. The monoisotopic (exact) mass is 651 g/mol. The zero-order chi connectivity index (χ0) is 32.8. The first-order valence-electron chi connectivity index (χ1n) is 15.5. The topological polar surface area (TPSA) is 120 Å². The molecule has 15 heteroatoms. The molecule has 0 spiro atoms. The minimum absolute atomic E-state index is 0.0111. The Bertz CT molecular complexity index is 1610. The van der Waals surface area contributed by atoms with Gasteiger partial charge in [0.1, 0.15) is 28.2 Å². The predicted octanol–water partition coefficient (Wildman–Crippen LogP) is 4.93. The number of nitrogens with two attached hydrogens (primary N) is 1. The standard InChI is InChI=1S/C31H38F5N7O3/c1-16-13-39-27-21-26(41-29(42-27)45-15-30(5-6-30)14-43-8-10-44-11-9-43)24(33)25(40-28(21)46-17(2)4-7-38-16)19-12-20(37)23(32)18(3)22(19)31(34,35)36/h12,16-17,38H,4-11,13-15,37H2,1-3H3,(H,39,41,42)/t16?,17-/m0/s1. The SMILES string of the molecule is Cc1c(F)c(N)cc(-c2nc3c4c(nc(OCC5(CN6CCOCC6)CC5)nc4c2F)NCC(C)NCC[C@H](C)O3)c1C(F)(F)F. The number of benzene rings is 1. The normalized spacial score (nSPS) is 22.1. The lowest BCUT2D eigenvalue weighted by Crippen LogP contribution is -2.41. The van der Waals surface area contributed by atoms with E-state index in [-0.39, 0.29) is 46.7 Å². The van der Waals surface area contributed by atoms with Gasteiger partial charge in [0, 0.05) is 43.2 Å². The van der Waals surface area contributed by atoms with Crippen LogP contribution in [0.2, 0.25) is 0 Å². The van der Waals surface area contributed by atoms with Gasteiger partial charge in [-0.2, -0.15) is 23.1 Å². The number of ether oxygens (including phenoxy) is 3. The van der Waals surface area contributed by atoms with E-state index in [1.54, 1.807) is 6.92 Å². The van der Waals surface area contributed by atoms with Crippen molar-refractivity contribution in [3.63, 3.8) is 0 Å². The van der Waals surface area contributed by atoms with E-state index < -0.39 is 52.0 Å². The Kier molecular flexibility index (Phi) is 8.85. The first-order chi connectivity index (χ1) is 21.8. The van der Waals surface area contributed by atoms with E-state index in [1.165, 1.54) is 0 Å². The molecule has 1 aromatic carbocycles. The fraction of sp³-hybridized carbons (Fsp3) is 0.581. The minimum Gasteiger partial charge on any atom is -0.474 e. The van der Waals surface area contributed by atoms with Crippen LogP contribution in [0.5, 0.6) is 11.9 Å². The molecule has 2 aromatic heterocycles. The average molecular weight is 652 g/mol. The summed E-state index contributed by atoms with van der Waals surface area (Å²) in [6, 6.07) is 0.595. The molecule has 2 atom stereocenters. The highest BCUT2D eigenvalue weighted by Crippen LogP contribution is 2.47. The molecule has 3 aliphatic rings. The number of hydrogen-bond acceptors (Lipinski definition) is 10. The number of pyridine rings is 1. The molecule has 1 saturated carbocycles. The molecular formula is C31H38F5N7O3. The second-order valence-corrected chi connectivity index (χ2v) is 12.6. The average Bonchev–Trinajstić information content (AvgIpc) is 3.77. The third-order valence-corrected chi connectivity index (χ3v) is 8.86. The molecule has 250 valence electrons. The summed E-state index contributed by atoms with van der Waals surface area (Å²) in [6.45, 7) is 9.72. The Morgan fingerprint density at radius 2 is 1.85 bits per heavy atom. The zero-order valence-corrected chi connectivity index (χ0v) is 26.0. The van der Waals surface area contributed by atoms with Crippen molar-refractivity contribution in [2.75, 3.05) is 63.6 Å². The van der Waals surface area contributed by atoms with E-state index >= 15 is 4.39 Å². The third-order valence-electron chi connectivity index (χ3n) is 8.86. The minimum atomic E-state index is -5.04. The van der Waals surface area contributed by atoms with E-state index in [0.717, 1.165) is 45.5 Å². The van der Waals surface area contributed by atoms with Crippen molar-refractivity contribution in [2.45, 2.75) is 58.4 Å². The lowest BCUT2D eigenvalue weighted by atomic mass is 9.96. The summed E-state index contributed by atoms with van der Waals surface area (Å²) >= 11 is 0. The van der Waals surface area contributed by atoms with Crippen molar-refractivity contribution in [3.8, 4) is 23.1 Å². The molecule has 2 aliphatic heterocycles. The predicted molar refractivity (Wildman–Crippen MR) is 162 cm³/mol. The van der Waals surface area contributed by atoms with Gasteiger partial charge in [-0.15, -0.1) is 0 Å². The number of aromatic nitrogens is 3. The van der Waals surface area contributed by atoms with Gasteiger partial charge in [-0.3, -0.25) is 4.90 Å². The number of nitrogens with one attached hydrogen (secondary N) is 2. The van der Waals surface area contributed by atoms with Crippen LogP contribution in [0.25, 0.3) is 22.2 Å². The van der Waals surface area contributed by atoms with Gasteiger partial charge in [-0.1, -0.05) is 0 Å². The van der Waals surface area contributed by atoms with Crippen molar-refractivity contribution < 1.29 is 36.2 Å². The van der Waals surface area contributed by atoms with E-state index in [2.05, 4.69) is 30.5 Å². The van der Waals surface area contributed by atoms with Crippen LogP contribution in [-0.2, 0) is 10.9 Å². The number of nitrogen functional groups attached to an aromatic ring is 1. The molecule has 3 aromatic rings. The van der Waals surface area contributed by atoms with Gasteiger partial charge in [0.2, 0.25) is 5.88 Å². The van der Waals surface area contributed by atoms with Crippen molar-refractivity contribution in [3.05, 3.63) is 28.8 Å². The molecule has 1 unspecified atom stereocenters. The van der Waals surface area contributed by atoms with Crippen LogP contribution in [0.4, 0.5) is 33.5 Å². The molecular weight excluding hydrogens is 613 g/mol. The number of anilines is 2. The van der Waals surface area contributed by atoms with Crippen LogP contribution in [0.3, 0.4) is 0 Å². The van der Waals surface area contributed by atoms with Crippen molar-refractivity contribution in [2.24, 2.45) is 5.41 Å². The second kappa shape index (κ2) is 12.6. The summed E-state index contributed by atoms with van der Waals surface area (Å²) in [5.41, 5.74) is 1.12. The van der Waals surface area contributed by atoms with Gasteiger partial charge in [-0.25, -0.2) is 13.8 Å². The first kappa shape index (κ1) is 32.4. The second-order valence-electron chi connectivity index (χ2n) is 12.6. The van der Waals surface area contributed by atoms with Crippen molar-refractivity contribution in [1.29, 1.82) is 0 Å². The highest BCUT2D eigenvalue weighted by molar-refractivity contribution is 5.96. The van der Waals surface area contributed by atoms with Gasteiger partial charge < -0.3 is 30.6 Å². The lowest BCUT2D eigenvalue weighted by Gasteiger charge is -2.30. The molecule has 6 rings (SSSR count). The quantitative estimate of drug-likeness (QED) is 0.250. The van der Waals surface area contributed by atoms with E-state index in [4.69, 9.17) is 19.9 Å². The molecule has 1 saturated heterocycles. The summed E-state index contributed by atoms with van der Waals surface area (Å²) < 4.78 is 92.0. The Balaban J connectivity index is 1.49. The fourth-order valence-corrected chi connectivity index (χ4v) is 6.03. The molecule has 4 N–H and O–H groups in total. The van der Waals surface area contributed by atoms with Crippen LogP contribution < -0.4 is 25.8 Å². The van der Waals surface area contributed by atoms with Gasteiger partial charge in [0.15, 0.2) is 5.82 Å². The maximum atomic E-state index is 16.6. The molecule has 1 aliphatic carbocycles.